The molecule has 3 rings (SSSR count). The lowest BCUT2D eigenvalue weighted by molar-refractivity contribution is -0.471. The predicted octanol–water partition coefficient (Wildman–Crippen LogP) is -1.03. The summed E-state index contributed by atoms with van der Waals surface area (Å²) >= 11 is 1.39. The van der Waals surface area contributed by atoms with Gasteiger partial charge in [-0.05, 0) is 25.1 Å². The second-order valence-corrected chi connectivity index (χ2v) is 6.06. The highest BCUT2D eigenvalue weighted by atomic mass is 35.5. The first-order valence-corrected chi connectivity index (χ1v) is 7.86. The molecule has 0 aliphatic carbocycles. The van der Waals surface area contributed by atoms with E-state index in [-0.39, 0.29) is 17.8 Å². The zero-order valence-corrected chi connectivity index (χ0v) is 14.6. The third kappa shape index (κ3) is 3.48. The monoisotopic (exact) mass is 366 g/mol. The van der Waals surface area contributed by atoms with Crippen LogP contribution in [0.1, 0.15) is 23.0 Å². The molecule has 24 heavy (non-hydrogen) atoms. The van der Waals surface area contributed by atoms with Gasteiger partial charge in [-0.3, -0.25) is 4.79 Å². The minimum absolute atomic E-state index is 0. The average Bonchev–Trinajstić information content (AvgIpc) is 2.93. The van der Waals surface area contributed by atoms with Gasteiger partial charge in [-0.1, -0.05) is 0 Å². The topological polar surface area (TPSA) is 97.0 Å². The Morgan fingerprint density at radius 2 is 2.17 bits per heavy atom. The molecule has 3 N–H and O–H groups in total. The molecule has 2 aromatic heterocycles. The highest BCUT2D eigenvalue weighted by molar-refractivity contribution is 7.13. The second kappa shape index (κ2) is 7.12. The van der Waals surface area contributed by atoms with Crippen molar-refractivity contribution in [2.45, 2.75) is 20.1 Å². The van der Waals surface area contributed by atoms with E-state index in [4.69, 9.17) is 9.15 Å². The number of hydrogen-bond acceptors (Lipinski definition) is 6. The van der Waals surface area contributed by atoms with Gasteiger partial charge in [0.05, 0.1) is 16.5 Å². The number of ether oxygens (including phenoxy) is 1. The first kappa shape index (κ1) is 18.1. The first-order chi connectivity index (χ1) is 11.0. The number of aryl methyl sites for hydroxylation is 1. The van der Waals surface area contributed by atoms with Crippen LogP contribution in [0.3, 0.4) is 0 Å². The minimum Gasteiger partial charge on any atom is -1.00 e. The lowest BCUT2D eigenvalue weighted by Crippen LogP contribution is -3.00. The molecule has 0 aliphatic heterocycles. The number of rotatable bonds is 3. The minimum atomic E-state index is -0.503. The summed E-state index contributed by atoms with van der Waals surface area (Å²) in [7, 11) is 0. The first-order valence-electron chi connectivity index (χ1n) is 6.98. The molecule has 8 heteroatoms. The molecular weight excluding hydrogens is 352 g/mol. The Kier molecular flexibility index (Phi) is 5.38. The summed E-state index contributed by atoms with van der Waals surface area (Å²) in [5.41, 5.74) is 5.34. The molecule has 3 aromatic rings. The Labute approximate surface area is 147 Å². The summed E-state index contributed by atoms with van der Waals surface area (Å²) in [6.07, 6.45) is 0.919. The van der Waals surface area contributed by atoms with Crippen molar-refractivity contribution in [3.05, 3.63) is 51.3 Å². The summed E-state index contributed by atoms with van der Waals surface area (Å²) in [6, 6.07) is 4.61. The van der Waals surface area contributed by atoms with Gasteiger partial charge in [-0.2, -0.15) is 0 Å². The van der Waals surface area contributed by atoms with Crippen LogP contribution in [0.15, 0.2) is 39.1 Å². The highest BCUT2D eigenvalue weighted by Crippen LogP contribution is 2.23. The van der Waals surface area contributed by atoms with E-state index in [9.17, 15) is 9.59 Å². The number of esters is 1. The molecule has 0 saturated carbocycles. The molecule has 6 nitrogen and oxygen atoms in total. The zero-order valence-electron chi connectivity index (χ0n) is 13.0. The van der Waals surface area contributed by atoms with Gasteiger partial charge in [0.2, 0.25) is 11.7 Å². The van der Waals surface area contributed by atoms with Gasteiger partial charge in [0.15, 0.2) is 0 Å². The SMILES string of the molecule is Cc1csc(-c2coc3cc(C(=O)OC(C)[NH3+])ccc3c2=O)n1.[Cl-]. The standard InChI is InChI=1S/C16H14N2O4S.ClH/c1-8-7-23-15(18-8)12-6-21-13-5-10(16(20)22-9(2)17)3-4-11(13)14(12)19;/h3-7,9H,17H2,1-2H3;1H. The number of aromatic nitrogens is 1. The Morgan fingerprint density at radius 1 is 1.42 bits per heavy atom. The number of carbonyl (C=O) groups is 1. The van der Waals surface area contributed by atoms with E-state index in [1.165, 1.54) is 23.7 Å². The molecule has 0 spiro atoms. The summed E-state index contributed by atoms with van der Waals surface area (Å²) in [4.78, 5) is 28.8. The Balaban J connectivity index is 0.00000208. The molecule has 0 radical (unpaired) electrons. The van der Waals surface area contributed by atoms with Crippen LogP contribution in [0.2, 0.25) is 0 Å². The Bertz CT molecular complexity index is 949. The average molecular weight is 367 g/mol. The number of nitrogens with zero attached hydrogens (tertiary/aromatic N) is 1. The van der Waals surface area contributed by atoms with Gasteiger partial charge in [0.1, 0.15) is 16.9 Å². The molecule has 0 aliphatic rings. The maximum Gasteiger partial charge on any atom is 0.342 e. The van der Waals surface area contributed by atoms with E-state index < -0.39 is 12.2 Å². The van der Waals surface area contributed by atoms with Crippen molar-refractivity contribution in [1.29, 1.82) is 0 Å². The fraction of sp³-hybridized carbons (Fsp3) is 0.188. The maximum absolute atomic E-state index is 12.6. The van der Waals surface area contributed by atoms with Crippen molar-refractivity contribution in [1.82, 2.24) is 4.98 Å². The van der Waals surface area contributed by atoms with Crippen molar-refractivity contribution in [3.8, 4) is 10.6 Å². The van der Waals surface area contributed by atoms with Crippen molar-refractivity contribution in [2.75, 3.05) is 0 Å². The Hall–Kier alpha value is -2.22. The van der Waals surface area contributed by atoms with Crippen molar-refractivity contribution < 1.29 is 32.1 Å². The van der Waals surface area contributed by atoms with Crippen LogP contribution in [0.4, 0.5) is 0 Å². The van der Waals surface area contributed by atoms with Gasteiger partial charge in [0.25, 0.3) is 0 Å². The number of halogens is 1. The molecule has 126 valence electrons. The quantitative estimate of drug-likeness (QED) is 0.472. The lowest BCUT2D eigenvalue weighted by atomic mass is 10.1. The molecule has 1 unspecified atom stereocenters. The third-order valence-electron chi connectivity index (χ3n) is 3.17. The molecule has 0 saturated heterocycles. The van der Waals surface area contributed by atoms with Gasteiger partial charge in [-0.25, -0.2) is 9.78 Å². The number of fused-ring (bicyclic) bond motifs is 1. The van der Waals surface area contributed by atoms with Gasteiger partial charge in [0, 0.05) is 18.0 Å². The number of thiazole rings is 1. The van der Waals surface area contributed by atoms with E-state index in [0.717, 1.165) is 5.69 Å². The summed E-state index contributed by atoms with van der Waals surface area (Å²) in [5, 5.41) is 2.89. The van der Waals surface area contributed by atoms with Crippen LogP contribution in [0.25, 0.3) is 21.5 Å². The van der Waals surface area contributed by atoms with Crippen molar-refractivity contribution >= 4 is 28.3 Å². The van der Waals surface area contributed by atoms with Crippen LogP contribution >= 0.6 is 11.3 Å². The number of quaternary nitrogens is 1. The van der Waals surface area contributed by atoms with E-state index in [1.807, 2.05) is 12.3 Å². The fourth-order valence-corrected chi connectivity index (χ4v) is 2.93. The summed E-state index contributed by atoms with van der Waals surface area (Å²) < 4.78 is 10.6. The molecule has 1 atom stereocenters. The van der Waals surface area contributed by atoms with Crippen LogP contribution in [0, 0.1) is 6.92 Å². The molecular formula is C16H15ClN2O4S. The predicted molar refractivity (Wildman–Crippen MR) is 86.1 cm³/mol. The molecule has 2 heterocycles. The van der Waals surface area contributed by atoms with Gasteiger partial charge in [-0.15, -0.1) is 11.3 Å². The van der Waals surface area contributed by atoms with Crippen LogP contribution in [-0.4, -0.2) is 17.2 Å². The van der Waals surface area contributed by atoms with Gasteiger partial charge >= 0.3 is 5.97 Å². The van der Waals surface area contributed by atoms with Gasteiger partial charge < -0.3 is 27.3 Å². The lowest BCUT2D eigenvalue weighted by Gasteiger charge is -2.06. The van der Waals surface area contributed by atoms with Crippen LogP contribution < -0.4 is 23.6 Å². The highest BCUT2D eigenvalue weighted by Gasteiger charge is 2.15. The van der Waals surface area contributed by atoms with Crippen LogP contribution in [-0.2, 0) is 4.74 Å². The van der Waals surface area contributed by atoms with E-state index in [1.54, 1.807) is 19.1 Å². The number of benzene rings is 1. The molecule has 0 fully saturated rings. The molecule has 0 amide bonds. The van der Waals surface area contributed by atoms with E-state index in [0.29, 0.717) is 27.1 Å². The summed E-state index contributed by atoms with van der Waals surface area (Å²) in [6.45, 7) is 3.53. The van der Waals surface area contributed by atoms with Crippen LogP contribution in [0.5, 0.6) is 0 Å². The third-order valence-corrected chi connectivity index (χ3v) is 4.16. The maximum atomic E-state index is 12.6. The fourth-order valence-electron chi connectivity index (χ4n) is 2.13. The zero-order chi connectivity index (χ0) is 16.6. The normalized spacial score (nSPS) is 11.8. The van der Waals surface area contributed by atoms with Crippen molar-refractivity contribution in [2.24, 2.45) is 0 Å². The number of carbonyl (C=O) groups excluding carboxylic acids is 1. The largest absolute Gasteiger partial charge is 1.00 e. The molecule has 0 bridgehead atoms. The van der Waals surface area contributed by atoms with E-state index >= 15 is 0 Å². The second-order valence-electron chi connectivity index (χ2n) is 5.20. The Morgan fingerprint density at radius 3 is 2.79 bits per heavy atom. The van der Waals surface area contributed by atoms with Crippen molar-refractivity contribution in [3.63, 3.8) is 0 Å². The molecule has 1 aromatic carbocycles. The summed E-state index contributed by atoms with van der Waals surface area (Å²) in [5.74, 6) is -0.503. The number of hydrogen-bond donors (Lipinski definition) is 1. The smallest absolute Gasteiger partial charge is 0.342 e. The van der Waals surface area contributed by atoms with E-state index in [2.05, 4.69) is 10.7 Å².